The molecule has 3 unspecified atom stereocenters. The number of hydrogen-bond acceptors (Lipinski definition) is 7. The largest absolute Gasteiger partial charge is 0.493 e. The minimum absolute atomic E-state index is 0.0526. The van der Waals surface area contributed by atoms with Crippen LogP contribution in [0.1, 0.15) is 68.6 Å². The first-order chi connectivity index (χ1) is 21.5. The molecular weight excluding hydrogens is 554 g/mol. The van der Waals surface area contributed by atoms with E-state index in [2.05, 4.69) is 41.3 Å². The highest BCUT2D eigenvalue weighted by Gasteiger charge is 2.83. The Labute approximate surface area is 261 Å². The predicted octanol–water partition coefficient (Wildman–Crippen LogP) is 5.71. The zero-order valence-electron chi connectivity index (χ0n) is 26.5. The van der Waals surface area contributed by atoms with Crippen molar-refractivity contribution in [3.63, 3.8) is 0 Å². The van der Waals surface area contributed by atoms with Gasteiger partial charge in [0.05, 0.1) is 26.9 Å². The van der Waals surface area contributed by atoms with E-state index in [1.54, 1.807) is 7.11 Å². The van der Waals surface area contributed by atoms with Crippen LogP contribution >= 0.6 is 0 Å². The average molecular weight is 602 g/mol. The topological polar surface area (TPSA) is 66.5 Å². The molecule has 0 aromatic heterocycles. The van der Waals surface area contributed by atoms with Gasteiger partial charge in [0, 0.05) is 48.4 Å². The lowest BCUT2D eigenvalue weighted by Gasteiger charge is -2.76. The lowest BCUT2D eigenvalue weighted by molar-refractivity contribution is -0.312. The Bertz CT molecular complexity index is 1410. The van der Waals surface area contributed by atoms with Gasteiger partial charge in [0.25, 0.3) is 0 Å². The lowest BCUT2D eigenvalue weighted by Crippen LogP contribution is -2.84. The molecule has 0 radical (unpaired) electrons. The van der Waals surface area contributed by atoms with Crippen LogP contribution in [0.3, 0.4) is 0 Å². The molecule has 2 aliphatic heterocycles. The van der Waals surface area contributed by atoms with Gasteiger partial charge in [0.1, 0.15) is 11.7 Å². The van der Waals surface area contributed by atoms with Crippen LogP contribution in [0.4, 0.5) is 0 Å². The van der Waals surface area contributed by atoms with E-state index in [1.165, 1.54) is 36.1 Å². The Morgan fingerprint density at radius 3 is 2.64 bits per heavy atom. The van der Waals surface area contributed by atoms with E-state index >= 15 is 0 Å². The molecule has 4 bridgehead atoms. The SMILES string of the molecule is CCOC(=O)CC[C@H]1[C@H](COCc2ccccc2)C2(OC)CCC13[C@H]1Cc4ccc(OC)c5c4C3(CCN1CC1CC1)[C@H]2O5. The molecule has 7 heteroatoms. The molecule has 236 valence electrons. The number of fused-ring (bicyclic) bond motifs is 2. The molecule has 5 fully saturated rings. The zero-order valence-corrected chi connectivity index (χ0v) is 26.5. The quantitative estimate of drug-likeness (QED) is 0.289. The van der Waals surface area contributed by atoms with Crippen molar-refractivity contribution in [3.05, 3.63) is 59.2 Å². The molecule has 44 heavy (non-hydrogen) atoms. The van der Waals surface area contributed by atoms with Crippen molar-refractivity contribution >= 4 is 5.97 Å². The predicted molar refractivity (Wildman–Crippen MR) is 166 cm³/mol. The van der Waals surface area contributed by atoms with Crippen molar-refractivity contribution in [2.75, 3.05) is 40.5 Å². The second-order valence-corrected chi connectivity index (χ2v) is 14.3. The maximum absolute atomic E-state index is 13.0. The Hall–Kier alpha value is -2.61. The normalized spacial score (nSPS) is 36.1. The minimum Gasteiger partial charge on any atom is -0.493 e. The molecule has 2 spiro atoms. The summed E-state index contributed by atoms with van der Waals surface area (Å²) in [7, 11) is 3.64. The average Bonchev–Trinajstić information content (AvgIpc) is 3.79. The van der Waals surface area contributed by atoms with Crippen LogP contribution in [0.2, 0.25) is 0 Å². The van der Waals surface area contributed by atoms with E-state index in [0.29, 0.717) is 32.3 Å². The minimum atomic E-state index is -0.528. The molecule has 2 aromatic carbocycles. The number of methoxy groups -OCH3 is 2. The van der Waals surface area contributed by atoms with Crippen LogP contribution in [0.15, 0.2) is 42.5 Å². The van der Waals surface area contributed by atoms with Crippen LogP contribution in [0.25, 0.3) is 0 Å². The van der Waals surface area contributed by atoms with Crippen molar-refractivity contribution in [1.82, 2.24) is 4.90 Å². The third kappa shape index (κ3) is 3.88. The van der Waals surface area contributed by atoms with Crippen LogP contribution in [-0.4, -0.2) is 69.1 Å². The number of benzene rings is 2. The number of piperidine rings is 1. The molecule has 7 aliphatic rings. The molecule has 1 saturated heterocycles. The molecule has 2 aromatic rings. The Morgan fingerprint density at radius 2 is 1.89 bits per heavy atom. The summed E-state index contributed by atoms with van der Waals surface area (Å²) in [4.78, 5) is 15.8. The summed E-state index contributed by atoms with van der Waals surface area (Å²) in [5.41, 5.74) is 3.21. The van der Waals surface area contributed by atoms with Gasteiger partial charge in [-0.3, -0.25) is 9.69 Å². The molecule has 7 atom stereocenters. The fourth-order valence-electron chi connectivity index (χ4n) is 11.1. The Morgan fingerprint density at radius 1 is 1.05 bits per heavy atom. The van der Waals surface area contributed by atoms with Crippen LogP contribution in [0, 0.1) is 23.2 Å². The third-order valence-electron chi connectivity index (χ3n) is 12.7. The summed E-state index contributed by atoms with van der Waals surface area (Å²) in [5, 5.41) is 0. The summed E-state index contributed by atoms with van der Waals surface area (Å²) in [5.74, 6) is 2.79. The van der Waals surface area contributed by atoms with Crippen LogP contribution < -0.4 is 9.47 Å². The van der Waals surface area contributed by atoms with Gasteiger partial charge in [-0.2, -0.15) is 0 Å². The number of ether oxygens (including phenoxy) is 5. The molecular formula is C37H47NO6. The number of hydrogen-bond donors (Lipinski definition) is 0. The van der Waals surface area contributed by atoms with Gasteiger partial charge < -0.3 is 23.7 Å². The van der Waals surface area contributed by atoms with Gasteiger partial charge >= 0.3 is 5.97 Å². The second-order valence-electron chi connectivity index (χ2n) is 14.3. The first-order valence-corrected chi connectivity index (χ1v) is 17.0. The Balaban J connectivity index is 1.27. The molecule has 7 nitrogen and oxygen atoms in total. The second kappa shape index (κ2) is 10.7. The first-order valence-electron chi connectivity index (χ1n) is 17.0. The van der Waals surface area contributed by atoms with Crippen molar-refractivity contribution in [2.24, 2.45) is 23.2 Å². The van der Waals surface area contributed by atoms with E-state index in [-0.39, 0.29) is 34.7 Å². The van der Waals surface area contributed by atoms with E-state index in [0.717, 1.165) is 56.1 Å². The standard InChI is InChI=1S/C37H47NO6/c1-4-43-31(39)15-13-27-28(23-42-22-25-8-6-5-7-9-25)37(41-3)17-16-35(27)30-20-26-12-14-29(40-2)33-32(26)36(35,34(37)44-33)18-19-38(30)21-24-10-11-24/h5-9,12,14,24,27-28,30,34H,4,10-11,13,15-23H2,1-3H3/t27-,28-,30+,34+,35?,36?,37?/m0/s1. The highest BCUT2D eigenvalue weighted by molar-refractivity contribution is 5.69. The smallest absolute Gasteiger partial charge is 0.305 e. The fourth-order valence-corrected chi connectivity index (χ4v) is 11.1. The van der Waals surface area contributed by atoms with Gasteiger partial charge in [0.15, 0.2) is 11.5 Å². The van der Waals surface area contributed by atoms with Gasteiger partial charge in [-0.1, -0.05) is 36.4 Å². The monoisotopic (exact) mass is 601 g/mol. The number of carbonyl (C=O) groups is 1. The Kier molecular flexibility index (Phi) is 7.04. The highest BCUT2D eigenvalue weighted by atomic mass is 16.6. The molecule has 0 N–H and O–H groups in total. The lowest BCUT2D eigenvalue weighted by atomic mass is 9.31. The first kappa shape index (κ1) is 28.8. The maximum atomic E-state index is 13.0. The van der Waals surface area contributed by atoms with E-state index in [1.807, 2.05) is 20.1 Å². The highest BCUT2D eigenvalue weighted by Crippen LogP contribution is 2.78. The van der Waals surface area contributed by atoms with Crippen molar-refractivity contribution in [2.45, 2.75) is 88.1 Å². The summed E-state index contributed by atoms with van der Waals surface area (Å²) in [6, 6.07) is 15.2. The number of esters is 1. The van der Waals surface area contributed by atoms with Gasteiger partial charge in [-0.25, -0.2) is 0 Å². The zero-order chi connectivity index (χ0) is 30.1. The summed E-state index contributed by atoms with van der Waals surface area (Å²) >= 11 is 0. The van der Waals surface area contributed by atoms with Crippen LogP contribution in [0.5, 0.6) is 11.5 Å². The number of rotatable bonds is 12. The van der Waals surface area contributed by atoms with E-state index in [9.17, 15) is 4.79 Å². The van der Waals surface area contributed by atoms with Gasteiger partial charge in [-0.05, 0) is 87.4 Å². The molecule has 9 rings (SSSR count). The van der Waals surface area contributed by atoms with E-state index < -0.39 is 5.60 Å². The molecule has 2 heterocycles. The van der Waals surface area contributed by atoms with Gasteiger partial charge in [0.2, 0.25) is 0 Å². The summed E-state index contributed by atoms with van der Waals surface area (Å²) in [6.45, 7) is 5.70. The third-order valence-corrected chi connectivity index (χ3v) is 12.7. The summed E-state index contributed by atoms with van der Waals surface area (Å²) < 4.78 is 32.2. The van der Waals surface area contributed by atoms with Crippen molar-refractivity contribution in [1.29, 1.82) is 0 Å². The number of likely N-dealkylation sites (tertiary alicyclic amines) is 1. The maximum Gasteiger partial charge on any atom is 0.305 e. The molecule has 0 amide bonds. The number of carbonyl (C=O) groups excluding carboxylic acids is 1. The number of nitrogens with zero attached hydrogens (tertiary/aromatic N) is 1. The van der Waals surface area contributed by atoms with Crippen molar-refractivity contribution < 1.29 is 28.5 Å². The van der Waals surface area contributed by atoms with Crippen LogP contribution in [-0.2, 0) is 37.4 Å². The van der Waals surface area contributed by atoms with Crippen molar-refractivity contribution in [3.8, 4) is 11.5 Å². The van der Waals surface area contributed by atoms with Gasteiger partial charge in [-0.15, -0.1) is 0 Å². The fraction of sp³-hybridized carbons (Fsp3) is 0.649. The molecule has 4 saturated carbocycles. The molecule has 5 aliphatic carbocycles. The van der Waals surface area contributed by atoms with E-state index in [4.69, 9.17) is 23.7 Å². The summed E-state index contributed by atoms with van der Waals surface area (Å²) in [6.07, 6.45) is 7.85.